The Hall–Kier alpha value is -1.00. The molecule has 4 heteroatoms. The third-order valence-corrected chi connectivity index (χ3v) is 5.11. The highest BCUT2D eigenvalue weighted by molar-refractivity contribution is 7.98. The first-order chi connectivity index (χ1) is 10.7. The summed E-state index contributed by atoms with van der Waals surface area (Å²) in [5.41, 5.74) is 1.40. The number of nitrogens with zero attached hydrogens (tertiary/aromatic N) is 2. The molecule has 2 rings (SSSR count). The molecule has 0 N–H and O–H groups in total. The summed E-state index contributed by atoms with van der Waals surface area (Å²) in [5, 5.41) is 0. The lowest BCUT2D eigenvalue weighted by Gasteiger charge is -2.37. The van der Waals surface area contributed by atoms with Gasteiger partial charge in [-0.05, 0) is 37.6 Å². The van der Waals surface area contributed by atoms with Crippen molar-refractivity contribution in [2.75, 3.05) is 38.7 Å². The van der Waals surface area contributed by atoms with Crippen LogP contribution in [0.25, 0.3) is 0 Å². The van der Waals surface area contributed by atoms with Crippen molar-refractivity contribution in [2.24, 2.45) is 0 Å². The van der Waals surface area contributed by atoms with Gasteiger partial charge in [0.2, 0.25) is 5.91 Å². The monoisotopic (exact) mass is 320 g/mol. The van der Waals surface area contributed by atoms with Gasteiger partial charge < -0.3 is 9.80 Å². The van der Waals surface area contributed by atoms with Crippen molar-refractivity contribution in [3.63, 3.8) is 0 Å². The third kappa shape index (κ3) is 5.33. The van der Waals surface area contributed by atoms with E-state index in [1.807, 2.05) is 11.9 Å². The van der Waals surface area contributed by atoms with Crippen LogP contribution in [0.5, 0.6) is 0 Å². The zero-order valence-corrected chi connectivity index (χ0v) is 14.6. The molecule has 0 aromatic heterocycles. The molecule has 1 atom stereocenters. The van der Waals surface area contributed by atoms with Crippen molar-refractivity contribution in [1.82, 2.24) is 9.80 Å². The summed E-state index contributed by atoms with van der Waals surface area (Å²) in [6, 6.07) is 11.0. The molecule has 0 spiro atoms. The van der Waals surface area contributed by atoms with Gasteiger partial charge in [-0.2, -0.15) is 11.8 Å². The lowest BCUT2D eigenvalue weighted by atomic mass is 10.0. The van der Waals surface area contributed by atoms with Crippen molar-refractivity contribution < 1.29 is 4.79 Å². The summed E-state index contributed by atoms with van der Waals surface area (Å²) < 4.78 is 0. The molecule has 1 aromatic rings. The number of likely N-dealkylation sites (tertiary alicyclic amines) is 1. The summed E-state index contributed by atoms with van der Waals surface area (Å²) in [4.78, 5) is 16.7. The highest BCUT2D eigenvalue weighted by atomic mass is 32.2. The van der Waals surface area contributed by atoms with Gasteiger partial charge in [0.15, 0.2) is 0 Å². The second-order valence-electron chi connectivity index (χ2n) is 6.08. The van der Waals surface area contributed by atoms with E-state index in [2.05, 4.69) is 41.5 Å². The van der Waals surface area contributed by atoms with E-state index >= 15 is 0 Å². The fourth-order valence-electron chi connectivity index (χ4n) is 3.05. The second kappa shape index (κ2) is 9.21. The minimum atomic E-state index is 0.296. The van der Waals surface area contributed by atoms with Crippen LogP contribution in [0.2, 0.25) is 0 Å². The number of hydrogen-bond donors (Lipinski definition) is 0. The van der Waals surface area contributed by atoms with Gasteiger partial charge in [0.05, 0.1) is 0 Å². The molecule has 1 aliphatic rings. The molecule has 122 valence electrons. The Bertz CT molecular complexity index is 452. The van der Waals surface area contributed by atoms with Crippen LogP contribution in [0.4, 0.5) is 0 Å². The molecule has 0 unspecified atom stereocenters. The summed E-state index contributed by atoms with van der Waals surface area (Å²) in [7, 11) is 1.98. The van der Waals surface area contributed by atoms with Crippen LogP contribution in [0, 0.1) is 0 Å². The summed E-state index contributed by atoms with van der Waals surface area (Å²) >= 11 is 1.74. The smallest absolute Gasteiger partial charge is 0.223 e. The topological polar surface area (TPSA) is 23.6 Å². The van der Waals surface area contributed by atoms with Crippen molar-refractivity contribution >= 4 is 17.7 Å². The maximum Gasteiger partial charge on any atom is 0.223 e. The highest BCUT2D eigenvalue weighted by Crippen LogP contribution is 2.16. The zero-order valence-electron chi connectivity index (χ0n) is 13.8. The Morgan fingerprint density at radius 3 is 2.86 bits per heavy atom. The molecule has 1 amide bonds. The predicted octanol–water partition coefficient (Wildman–Crippen LogP) is 2.91. The van der Waals surface area contributed by atoms with Gasteiger partial charge in [0.1, 0.15) is 0 Å². The van der Waals surface area contributed by atoms with Crippen LogP contribution < -0.4 is 0 Å². The van der Waals surface area contributed by atoms with E-state index in [9.17, 15) is 4.79 Å². The number of carbonyl (C=O) groups is 1. The number of likely N-dealkylation sites (N-methyl/N-ethyl adjacent to an activating group) is 1. The summed E-state index contributed by atoms with van der Waals surface area (Å²) in [6.07, 6.45) is 6.15. The predicted molar refractivity (Wildman–Crippen MR) is 95.4 cm³/mol. The molecule has 3 nitrogen and oxygen atoms in total. The van der Waals surface area contributed by atoms with Crippen LogP contribution in [0.1, 0.15) is 24.8 Å². The molecule has 0 aliphatic carbocycles. The van der Waals surface area contributed by atoms with Gasteiger partial charge in [-0.1, -0.05) is 30.3 Å². The first-order valence-corrected chi connectivity index (χ1v) is 9.61. The lowest BCUT2D eigenvalue weighted by Crippen LogP contribution is -2.49. The van der Waals surface area contributed by atoms with E-state index in [-0.39, 0.29) is 0 Å². The fourth-order valence-corrected chi connectivity index (χ4v) is 3.43. The average molecular weight is 321 g/mol. The van der Waals surface area contributed by atoms with Crippen LogP contribution in [-0.4, -0.2) is 60.4 Å². The minimum absolute atomic E-state index is 0.296. The number of carbonyl (C=O) groups excluding carboxylic acids is 1. The molecule has 1 saturated heterocycles. The molecule has 1 aliphatic heterocycles. The third-order valence-electron chi connectivity index (χ3n) is 4.50. The number of hydrogen-bond acceptors (Lipinski definition) is 3. The Morgan fingerprint density at radius 2 is 2.14 bits per heavy atom. The van der Waals surface area contributed by atoms with Crippen LogP contribution in [-0.2, 0) is 11.2 Å². The van der Waals surface area contributed by atoms with Crippen molar-refractivity contribution in [2.45, 2.75) is 31.7 Å². The van der Waals surface area contributed by atoms with Crippen molar-refractivity contribution in [1.29, 1.82) is 0 Å². The van der Waals surface area contributed by atoms with Gasteiger partial charge in [-0.15, -0.1) is 0 Å². The SMILES string of the molecule is CSCCC(=O)N(C)[C@@H]1CCCN(CCc2ccccc2)C1. The lowest BCUT2D eigenvalue weighted by molar-refractivity contribution is -0.132. The van der Waals surface area contributed by atoms with Gasteiger partial charge in [0.25, 0.3) is 0 Å². The molecule has 0 saturated carbocycles. The van der Waals surface area contributed by atoms with E-state index in [0.717, 1.165) is 38.2 Å². The Labute approximate surface area is 139 Å². The van der Waals surface area contributed by atoms with E-state index in [1.165, 1.54) is 12.0 Å². The number of amides is 1. The van der Waals surface area contributed by atoms with Crippen LogP contribution in [0.3, 0.4) is 0 Å². The normalized spacial score (nSPS) is 19.1. The maximum atomic E-state index is 12.2. The van der Waals surface area contributed by atoms with Gasteiger partial charge in [-0.25, -0.2) is 0 Å². The number of piperidine rings is 1. The highest BCUT2D eigenvalue weighted by Gasteiger charge is 2.25. The zero-order chi connectivity index (χ0) is 15.8. The number of rotatable bonds is 7. The number of thioether (sulfide) groups is 1. The number of benzene rings is 1. The van der Waals surface area contributed by atoms with Gasteiger partial charge in [0, 0.05) is 38.4 Å². The van der Waals surface area contributed by atoms with Gasteiger partial charge in [-0.3, -0.25) is 4.79 Å². The fraction of sp³-hybridized carbons (Fsp3) is 0.611. The van der Waals surface area contributed by atoms with Crippen molar-refractivity contribution in [3.8, 4) is 0 Å². The Morgan fingerprint density at radius 1 is 1.36 bits per heavy atom. The molecule has 0 bridgehead atoms. The summed E-state index contributed by atoms with van der Waals surface area (Å²) in [5.74, 6) is 1.22. The van der Waals surface area contributed by atoms with Crippen molar-refractivity contribution in [3.05, 3.63) is 35.9 Å². The standard InChI is InChI=1S/C18H28N2OS/c1-19(18(21)11-14-22-2)17-9-6-12-20(15-17)13-10-16-7-4-3-5-8-16/h3-5,7-8,17H,6,9-15H2,1-2H3/t17-/m1/s1. The van der Waals surface area contributed by atoms with E-state index < -0.39 is 0 Å². The molecule has 1 aromatic carbocycles. The van der Waals surface area contributed by atoms with Gasteiger partial charge >= 0.3 is 0 Å². The first kappa shape index (κ1) is 17.4. The van der Waals surface area contributed by atoms with Crippen LogP contribution in [0.15, 0.2) is 30.3 Å². The van der Waals surface area contributed by atoms with E-state index in [0.29, 0.717) is 18.4 Å². The molecule has 0 radical (unpaired) electrons. The molecule has 1 fully saturated rings. The Kier molecular flexibility index (Phi) is 7.26. The van der Waals surface area contributed by atoms with E-state index in [1.54, 1.807) is 11.8 Å². The second-order valence-corrected chi connectivity index (χ2v) is 7.07. The molecule has 1 heterocycles. The molecule has 22 heavy (non-hydrogen) atoms. The van der Waals surface area contributed by atoms with Crippen LogP contribution >= 0.6 is 11.8 Å². The summed E-state index contributed by atoms with van der Waals surface area (Å²) in [6.45, 7) is 3.28. The molecular weight excluding hydrogens is 292 g/mol. The quantitative estimate of drug-likeness (QED) is 0.772. The maximum absolute atomic E-state index is 12.2. The van der Waals surface area contributed by atoms with E-state index in [4.69, 9.17) is 0 Å². The average Bonchev–Trinajstić information content (AvgIpc) is 2.58. The largest absolute Gasteiger partial charge is 0.341 e. The minimum Gasteiger partial charge on any atom is -0.341 e. The first-order valence-electron chi connectivity index (χ1n) is 8.21. The molecular formula is C18H28N2OS. The Balaban J connectivity index is 1.79.